The Kier molecular flexibility index (Phi) is 8.65. The van der Waals surface area contributed by atoms with Crippen molar-refractivity contribution in [3.63, 3.8) is 0 Å². The van der Waals surface area contributed by atoms with Gasteiger partial charge in [0.05, 0.1) is 6.42 Å². The standard InChI is InChI=1S/C31H43NO9/c1-5-17(2)27(28(38)39)32-24(36)8-9-25(37)41-16-23(35)31(40)13-11-21-20-7-6-18-14-19(33)10-12-29(18,3)26(20)22(34)15-30(21,31)4/h14,17,20-21,26-27,40H,5-13,15-16H2,1-4H3,(H,32,36)(H,38,39)/t17-,20+,21+,26-,27+,29+,30+,31+/m1/s1. The first-order valence-corrected chi connectivity index (χ1v) is 14.9. The molecule has 10 heteroatoms. The van der Waals surface area contributed by atoms with Gasteiger partial charge < -0.3 is 20.3 Å². The average Bonchev–Trinajstić information content (AvgIpc) is 3.19. The number of hydrogen-bond donors (Lipinski definition) is 3. The van der Waals surface area contributed by atoms with Gasteiger partial charge in [-0.2, -0.15) is 0 Å². The highest BCUT2D eigenvalue weighted by Gasteiger charge is 2.68. The van der Waals surface area contributed by atoms with E-state index in [1.807, 2.05) is 6.92 Å². The van der Waals surface area contributed by atoms with Crippen LogP contribution in [-0.2, 0) is 33.5 Å². The minimum Gasteiger partial charge on any atom is -0.480 e. The van der Waals surface area contributed by atoms with Crippen LogP contribution < -0.4 is 5.32 Å². The molecule has 1 amide bonds. The van der Waals surface area contributed by atoms with E-state index in [1.165, 1.54) is 0 Å². The third kappa shape index (κ3) is 5.40. The van der Waals surface area contributed by atoms with E-state index in [0.29, 0.717) is 25.7 Å². The van der Waals surface area contributed by atoms with Crippen LogP contribution in [0.2, 0.25) is 0 Å². The Hall–Kier alpha value is -2.88. The number of carboxylic acids is 1. The smallest absolute Gasteiger partial charge is 0.326 e. The van der Waals surface area contributed by atoms with Crippen LogP contribution in [0.5, 0.6) is 0 Å². The first kappa shape index (κ1) is 31.1. The Labute approximate surface area is 240 Å². The highest BCUT2D eigenvalue weighted by molar-refractivity contribution is 5.95. The van der Waals surface area contributed by atoms with Gasteiger partial charge in [0, 0.05) is 30.6 Å². The first-order chi connectivity index (χ1) is 19.2. The molecular formula is C31H43NO9. The predicted octanol–water partition coefficient (Wildman–Crippen LogP) is 2.94. The molecule has 3 fully saturated rings. The van der Waals surface area contributed by atoms with Crippen LogP contribution in [-0.4, -0.2) is 63.7 Å². The molecule has 0 bridgehead atoms. The number of allylic oxidation sites excluding steroid dienone is 1. The molecule has 0 aromatic heterocycles. The summed E-state index contributed by atoms with van der Waals surface area (Å²) in [4.78, 5) is 75.1. The van der Waals surface area contributed by atoms with Crippen LogP contribution in [0.4, 0.5) is 0 Å². The minimum absolute atomic E-state index is 0.00421. The lowest BCUT2D eigenvalue weighted by atomic mass is 9.46. The van der Waals surface area contributed by atoms with E-state index >= 15 is 0 Å². The van der Waals surface area contributed by atoms with E-state index in [4.69, 9.17) is 4.74 Å². The Morgan fingerprint density at radius 1 is 1.10 bits per heavy atom. The third-order valence-electron chi connectivity index (χ3n) is 11.0. The topological polar surface area (TPSA) is 164 Å². The maximum Gasteiger partial charge on any atom is 0.326 e. The van der Waals surface area contributed by atoms with Gasteiger partial charge in [-0.3, -0.25) is 24.0 Å². The molecule has 4 aliphatic carbocycles. The van der Waals surface area contributed by atoms with Gasteiger partial charge in [0.1, 0.15) is 17.4 Å². The van der Waals surface area contributed by atoms with E-state index < -0.39 is 47.3 Å². The monoisotopic (exact) mass is 573 g/mol. The van der Waals surface area contributed by atoms with E-state index in [1.54, 1.807) is 19.9 Å². The summed E-state index contributed by atoms with van der Waals surface area (Å²) in [5.41, 5.74) is -2.13. The highest BCUT2D eigenvalue weighted by Crippen LogP contribution is 2.66. The van der Waals surface area contributed by atoms with Crippen molar-refractivity contribution in [3.05, 3.63) is 11.6 Å². The number of carbonyl (C=O) groups excluding carboxylic acids is 5. The molecule has 0 unspecified atom stereocenters. The zero-order chi connectivity index (χ0) is 30.3. The van der Waals surface area contributed by atoms with Crippen LogP contribution in [0.25, 0.3) is 0 Å². The second-order valence-corrected chi connectivity index (χ2v) is 13.2. The number of ketones is 3. The van der Waals surface area contributed by atoms with Gasteiger partial charge in [-0.05, 0) is 61.3 Å². The lowest BCUT2D eigenvalue weighted by Crippen LogP contribution is -2.61. The highest BCUT2D eigenvalue weighted by atomic mass is 16.5. The molecule has 0 radical (unpaired) electrons. The van der Waals surface area contributed by atoms with Crippen molar-refractivity contribution in [2.24, 2.45) is 34.5 Å². The van der Waals surface area contributed by atoms with Crippen LogP contribution in [0.1, 0.15) is 91.9 Å². The quantitative estimate of drug-likeness (QED) is 0.333. The number of rotatable bonds is 10. The van der Waals surface area contributed by atoms with Gasteiger partial charge in [0.2, 0.25) is 11.7 Å². The molecule has 0 aromatic carbocycles. The van der Waals surface area contributed by atoms with Gasteiger partial charge in [0.15, 0.2) is 12.4 Å². The van der Waals surface area contributed by atoms with Gasteiger partial charge in [-0.25, -0.2) is 4.79 Å². The van der Waals surface area contributed by atoms with Crippen LogP contribution in [0.15, 0.2) is 11.6 Å². The first-order valence-electron chi connectivity index (χ1n) is 14.9. The fraction of sp³-hybridized carbons (Fsp3) is 0.742. The molecular weight excluding hydrogens is 530 g/mol. The number of Topliss-reactive ketones (excluding diaryl/α,β-unsaturated/α-hetero) is 2. The molecule has 41 heavy (non-hydrogen) atoms. The van der Waals surface area contributed by atoms with E-state index in [9.17, 15) is 39.0 Å². The summed E-state index contributed by atoms with van der Waals surface area (Å²) in [5.74, 6) is -3.68. The zero-order valence-corrected chi connectivity index (χ0v) is 24.5. The summed E-state index contributed by atoms with van der Waals surface area (Å²) >= 11 is 0. The van der Waals surface area contributed by atoms with Crippen molar-refractivity contribution in [1.82, 2.24) is 5.32 Å². The fourth-order valence-corrected chi connectivity index (χ4v) is 8.33. The summed E-state index contributed by atoms with van der Waals surface area (Å²) in [6, 6.07) is -1.07. The molecule has 0 aliphatic heterocycles. The van der Waals surface area contributed by atoms with Gasteiger partial charge in [-0.15, -0.1) is 0 Å². The molecule has 0 heterocycles. The molecule has 0 spiro atoms. The average molecular weight is 574 g/mol. The number of carbonyl (C=O) groups is 6. The van der Waals surface area contributed by atoms with E-state index in [0.717, 1.165) is 18.4 Å². The molecule has 0 aromatic rings. The van der Waals surface area contributed by atoms with Crippen molar-refractivity contribution >= 4 is 35.2 Å². The molecule has 8 atom stereocenters. The largest absolute Gasteiger partial charge is 0.480 e. The maximum atomic E-state index is 13.7. The van der Waals surface area contributed by atoms with E-state index in [2.05, 4.69) is 12.2 Å². The van der Waals surface area contributed by atoms with Crippen molar-refractivity contribution in [3.8, 4) is 0 Å². The summed E-state index contributed by atoms with van der Waals surface area (Å²) in [7, 11) is 0. The second-order valence-electron chi connectivity index (χ2n) is 13.2. The zero-order valence-electron chi connectivity index (χ0n) is 24.5. The maximum absolute atomic E-state index is 13.7. The third-order valence-corrected chi connectivity index (χ3v) is 11.0. The lowest BCUT2D eigenvalue weighted by molar-refractivity contribution is -0.173. The number of carboxylic acid groups (broad SMARTS) is 1. The van der Waals surface area contributed by atoms with Crippen LogP contribution in [0, 0.1) is 34.5 Å². The summed E-state index contributed by atoms with van der Waals surface area (Å²) < 4.78 is 5.14. The van der Waals surface area contributed by atoms with Crippen molar-refractivity contribution in [2.75, 3.05) is 6.61 Å². The number of esters is 1. The van der Waals surface area contributed by atoms with Gasteiger partial charge in [0.25, 0.3) is 0 Å². The van der Waals surface area contributed by atoms with Gasteiger partial charge >= 0.3 is 11.9 Å². The van der Waals surface area contributed by atoms with Gasteiger partial charge in [-0.1, -0.05) is 39.7 Å². The number of aliphatic hydroxyl groups is 1. The lowest BCUT2D eigenvalue weighted by Gasteiger charge is -2.57. The second kappa shape index (κ2) is 11.4. The molecule has 4 aliphatic rings. The van der Waals surface area contributed by atoms with Crippen LogP contribution >= 0.6 is 0 Å². The number of aliphatic carboxylic acids is 1. The predicted molar refractivity (Wildman–Crippen MR) is 146 cm³/mol. The number of nitrogens with one attached hydrogen (secondary N) is 1. The number of fused-ring (bicyclic) bond motifs is 5. The number of ether oxygens (including phenoxy) is 1. The van der Waals surface area contributed by atoms with Crippen molar-refractivity contribution in [1.29, 1.82) is 0 Å². The molecule has 4 rings (SSSR count). The van der Waals surface area contributed by atoms with E-state index in [-0.39, 0.29) is 66.3 Å². The normalized spacial score (nSPS) is 35.7. The van der Waals surface area contributed by atoms with Crippen molar-refractivity contribution < 1.29 is 43.7 Å². The number of hydrogen-bond acceptors (Lipinski definition) is 8. The number of amides is 1. The Morgan fingerprint density at radius 2 is 1.80 bits per heavy atom. The molecule has 10 nitrogen and oxygen atoms in total. The molecule has 0 saturated heterocycles. The van der Waals surface area contributed by atoms with Crippen LogP contribution in [0.3, 0.4) is 0 Å². The fourth-order valence-electron chi connectivity index (χ4n) is 8.33. The SMILES string of the molecule is CC[C@@H](C)[C@H](NC(=O)CCC(=O)OCC(=O)[C@@]1(O)CC[C@H]2[C@@H]3CCC4=CC(=O)CC[C@]4(C)[C@H]3C(=O)C[C@@]21C)C(=O)O. The Bertz CT molecular complexity index is 1180. The summed E-state index contributed by atoms with van der Waals surface area (Å²) in [6.07, 6.45) is 4.96. The molecule has 226 valence electrons. The molecule has 3 saturated carbocycles. The summed E-state index contributed by atoms with van der Waals surface area (Å²) in [6.45, 7) is 6.74. The van der Waals surface area contributed by atoms with Crippen molar-refractivity contribution in [2.45, 2.75) is 104 Å². The Morgan fingerprint density at radius 3 is 2.46 bits per heavy atom. The minimum atomic E-state index is -1.82. The summed E-state index contributed by atoms with van der Waals surface area (Å²) in [5, 5.41) is 23.5. The molecule has 3 N–H and O–H groups in total. The Balaban J connectivity index is 1.37.